The van der Waals surface area contributed by atoms with Crippen LogP contribution in [0.15, 0.2) is 36.4 Å². The fraction of sp³-hybridized carbons (Fsp3) is 0.353. The van der Waals surface area contributed by atoms with Gasteiger partial charge in [-0.15, -0.1) is 11.3 Å². The average molecular weight is 354 g/mol. The van der Waals surface area contributed by atoms with Gasteiger partial charge in [-0.3, -0.25) is 4.79 Å². The molecule has 0 N–H and O–H groups in total. The molecule has 1 saturated heterocycles. The minimum Gasteiger partial charge on any atom is -0.368 e. The van der Waals surface area contributed by atoms with Gasteiger partial charge in [0, 0.05) is 36.7 Å². The number of thiophene rings is 1. The number of carbonyl (C=O) groups is 1. The lowest BCUT2D eigenvalue weighted by Gasteiger charge is -2.36. The van der Waals surface area contributed by atoms with Gasteiger partial charge in [0.05, 0.1) is 10.4 Å². The molecule has 1 aliphatic rings. The standard InChI is InChI=1S/C17H17F3N2OS/c1-12-5-6-15(24-12)16(23)22-9-7-21(8-10-22)14-4-2-3-13(11-14)17(18,19)20/h2-6,11H,7-10H2,1H3. The Morgan fingerprint density at radius 2 is 1.79 bits per heavy atom. The molecular weight excluding hydrogens is 337 g/mol. The van der Waals surface area contributed by atoms with E-state index in [0.717, 1.165) is 10.9 Å². The van der Waals surface area contributed by atoms with Crippen LogP contribution < -0.4 is 4.90 Å². The van der Waals surface area contributed by atoms with E-state index in [-0.39, 0.29) is 5.91 Å². The summed E-state index contributed by atoms with van der Waals surface area (Å²) in [6, 6.07) is 9.07. The zero-order chi connectivity index (χ0) is 17.3. The Labute approximate surface area is 142 Å². The Kier molecular flexibility index (Phi) is 4.54. The molecule has 1 aromatic heterocycles. The third-order valence-corrected chi connectivity index (χ3v) is 5.05. The van der Waals surface area contributed by atoms with Gasteiger partial charge in [-0.1, -0.05) is 6.07 Å². The van der Waals surface area contributed by atoms with E-state index in [1.807, 2.05) is 24.0 Å². The fourth-order valence-corrected chi connectivity index (χ4v) is 3.59. The SMILES string of the molecule is Cc1ccc(C(=O)N2CCN(c3cccc(C(F)(F)F)c3)CC2)s1. The summed E-state index contributed by atoms with van der Waals surface area (Å²) in [4.78, 5) is 17.9. The molecule has 3 rings (SSSR count). The number of nitrogens with zero attached hydrogens (tertiary/aromatic N) is 2. The number of hydrogen-bond donors (Lipinski definition) is 0. The summed E-state index contributed by atoms with van der Waals surface area (Å²) in [6.45, 7) is 4.01. The van der Waals surface area contributed by atoms with E-state index in [9.17, 15) is 18.0 Å². The van der Waals surface area contributed by atoms with Crippen LogP contribution in [0.3, 0.4) is 0 Å². The summed E-state index contributed by atoms with van der Waals surface area (Å²) < 4.78 is 38.5. The Bertz CT molecular complexity index is 733. The first-order valence-corrected chi connectivity index (χ1v) is 8.44. The minimum atomic E-state index is -4.34. The van der Waals surface area contributed by atoms with E-state index < -0.39 is 11.7 Å². The van der Waals surface area contributed by atoms with Crippen LogP contribution in [0.1, 0.15) is 20.1 Å². The number of benzene rings is 1. The summed E-state index contributed by atoms with van der Waals surface area (Å²) >= 11 is 1.46. The largest absolute Gasteiger partial charge is 0.416 e. The van der Waals surface area contributed by atoms with Crippen molar-refractivity contribution in [3.8, 4) is 0 Å². The summed E-state index contributed by atoms with van der Waals surface area (Å²) in [5, 5.41) is 0. The third-order valence-electron chi connectivity index (χ3n) is 4.06. The topological polar surface area (TPSA) is 23.6 Å². The van der Waals surface area contributed by atoms with Crippen LogP contribution in [-0.2, 0) is 6.18 Å². The van der Waals surface area contributed by atoms with Gasteiger partial charge in [0.2, 0.25) is 0 Å². The highest BCUT2D eigenvalue weighted by atomic mass is 32.1. The van der Waals surface area contributed by atoms with Crippen LogP contribution in [0, 0.1) is 6.92 Å². The molecule has 1 aliphatic heterocycles. The van der Waals surface area contributed by atoms with Crippen LogP contribution in [0.25, 0.3) is 0 Å². The Morgan fingerprint density at radius 1 is 1.08 bits per heavy atom. The van der Waals surface area contributed by atoms with Crippen LogP contribution >= 0.6 is 11.3 Å². The zero-order valence-electron chi connectivity index (χ0n) is 13.1. The first-order chi connectivity index (χ1) is 11.3. The number of anilines is 1. The number of alkyl halides is 3. The number of aryl methyl sites for hydroxylation is 1. The summed E-state index contributed by atoms with van der Waals surface area (Å²) in [7, 11) is 0. The monoisotopic (exact) mass is 354 g/mol. The summed E-state index contributed by atoms with van der Waals surface area (Å²) in [5.41, 5.74) is -0.101. The molecule has 0 atom stereocenters. The van der Waals surface area contributed by atoms with Crippen LogP contribution in [0.4, 0.5) is 18.9 Å². The second kappa shape index (κ2) is 6.47. The second-order valence-electron chi connectivity index (χ2n) is 5.74. The van der Waals surface area contributed by atoms with E-state index in [2.05, 4.69) is 0 Å². The molecule has 2 aromatic rings. The maximum absolute atomic E-state index is 12.8. The number of hydrogen-bond acceptors (Lipinski definition) is 3. The Morgan fingerprint density at radius 3 is 2.38 bits per heavy atom. The molecule has 1 fully saturated rings. The molecule has 0 spiro atoms. The molecule has 24 heavy (non-hydrogen) atoms. The van der Waals surface area contributed by atoms with Gasteiger partial charge in [0.1, 0.15) is 0 Å². The van der Waals surface area contributed by atoms with Crippen LogP contribution in [0.5, 0.6) is 0 Å². The van der Waals surface area contributed by atoms with Crippen LogP contribution in [-0.4, -0.2) is 37.0 Å². The van der Waals surface area contributed by atoms with Crippen molar-refractivity contribution < 1.29 is 18.0 Å². The normalized spacial score (nSPS) is 15.7. The average Bonchev–Trinajstić information content (AvgIpc) is 3.00. The first-order valence-electron chi connectivity index (χ1n) is 7.62. The summed E-state index contributed by atoms with van der Waals surface area (Å²) in [5.74, 6) is -0.00297. The summed E-state index contributed by atoms with van der Waals surface area (Å²) in [6.07, 6.45) is -4.34. The molecule has 7 heteroatoms. The molecule has 128 valence electrons. The van der Waals surface area contributed by atoms with E-state index >= 15 is 0 Å². The van der Waals surface area contributed by atoms with E-state index in [1.165, 1.54) is 23.5 Å². The first kappa shape index (κ1) is 16.8. The molecule has 0 unspecified atom stereocenters. The van der Waals surface area contributed by atoms with Crippen molar-refractivity contribution in [1.29, 1.82) is 0 Å². The van der Waals surface area contributed by atoms with Crippen molar-refractivity contribution in [3.05, 3.63) is 51.7 Å². The van der Waals surface area contributed by atoms with Gasteiger partial charge in [-0.05, 0) is 37.3 Å². The molecule has 2 heterocycles. The molecule has 0 aliphatic carbocycles. The lowest BCUT2D eigenvalue weighted by molar-refractivity contribution is -0.137. The third kappa shape index (κ3) is 3.56. The molecule has 1 amide bonds. The zero-order valence-corrected chi connectivity index (χ0v) is 14.0. The van der Waals surface area contributed by atoms with Gasteiger partial charge < -0.3 is 9.80 Å². The predicted octanol–water partition coefficient (Wildman–Crippen LogP) is 4.04. The van der Waals surface area contributed by atoms with Crippen molar-refractivity contribution in [2.24, 2.45) is 0 Å². The number of halogens is 3. The number of piperazine rings is 1. The smallest absolute Gasteiger partial charge is 0.368 e. The van der Waals surface area contributed by atoms with Crippen molar-refractivity contribution >= 4 is 22.9 Å². The van der Waals surface area contributed by atoms with Gasteiger partial charge >= 0.3 is 6.18 Å². The Balaban J connectivity index is 1.66. The lowest BCUT2D eigenvalue weighted by atomic mass is 10.1. The van der Waals surface area contributed by atoms with Crippen molar-refractivity contribution in [2.75, 3.05) is 31.1 Å². The maximum Gasteiger partial charge on any atom is 0.416 e. The molecule has 0 bridgehead atoms. The van der Waals surface area contributed by atoms with Gasteiger partial charge in [0.15, 0.2) is 0 Å². The number of rotatable bonds is 2. The quantitative estimate of drug-likeness (QED) is 0.813. The van der Waals surface area contributed by atoms with Gasteiger partial charge in [-0.25, -0.2) is 0 Å². The second-order valence-corrected chi connectivity index (χ2v) is 7.03. The Hall–Kier alpha value is -2.02. The number of carbonyl (C=O) groups excluding carboxylic acids is 1. The van der Waals surface area contributed by atoms with Gasteiger partial charge in [0.25, 0.3) is 5.91 Å². The van der Waals surface area contributed by atoms with Crippen molar-refractivity contribution in [2.45, 2.75) is 13.1 Å². The van der Waals surface area contributed by atoms with E-state index in [4.69, 9.17) is 0 Å². The number of amides is 1. The molecule has 0 saturated carbocycles. The maximum atomic E-state index is 12.8. The lowest BCUT2D eigenvalue weighted by Crippen LogP contribution is -2.48. The highest BCUT2D eigenvalue weighted by Gasteiger charge is 2.31. The van der Waals surface area contributed by atoms with Crippen molar-refractivity contribution in [1.82, 2.24) is 4.90 Å². The minimum absolute atomic E-state index is 0.00297. The van der Waals surface area contributed by atoms with Crippen LogP contribution in [0.2, 0.25) is 0 Å². The van der Waals surface area contributed by atoms with Gasteiger partial charge in [-0.2, -0.15) is 13.2 Å². The highest BCUT2D eigenvalue weighted by Crippen LogP contribution is 2.32. The molecule has 0 radical (unpaired) electrons. The molecular formula is C17H17F3N2OS. The predicted molar refractivity (Wildman–Crippen MR) is 88.6 cm³/mol. The van der Waals surface area contributed by atoms with E-state index in [1.54, 1.807) is 11.0 Å². The fourth-order valence-electron chi connectivity index (χ4n) is 2.75. The molecule has 1 aromatic carbocycles. The molecule has 3 nitrogen and oxygen atoms in total. The van der Waals surface area contributed by atoms with E-state index in [0.29, 0.717) is 36.7 Å². The van der Waals surface area contributed by atoms with Crippen molar-refractivity contribution in [3.63, 3.8) is 0 Å². The highest BCUT2D eigenvalue weighted by molar-refractivity contribution is 7.13.